The number of nitrogens with one attached hydrogen (secondary N) is 1. The molecule has 0 saturated heterocycles. The monoisotopic (exact) mass is 505 g/mol. The van der Waals surface area contributed by atoms with Crippen molar-refractivity contribution in [1.82, 2.24) is 19.7 Å². The molecule has 0 fully saturated rings. The van der Waals surface area contributed by atoms with E-state index in [4.69, 9.17) is 4.98 Å². The lowest BCUT2D eigenvalue weighted by Gasteiger charge is -2.13. The maximum absolute atomic E-state index is 13.2. The Balaban J connectivity index is 1.48. The molecule has 0 unspecified atom stereocenters. The third-order valence-electron chi connectivity index (χ3n) is 4.68. The van der Waals surface area contributed by atoms with Gasteiger partial charge in [-0.25, -0.2) is 4.98 Å². The molecule has 7 nitrogen and oxygen atoms in total. The van der Waals surface area contributed by atoms with Gasteiger partial charge in [-0.15, -0.1) is 22.0 Å². The Kier molecular flexibility index (Phi) is 7.93. The number of hydrogen-bond acceptors (Lipinski definition) is 9. The van der Waals surface area contributed by atoms with E-state index in [0.717, 1.165) is 39.1 Å². The van der Waals surface area contributed by atoms with E-state index >= 15 is 0 Å². The smallest absolute Gasteiger partial charge is 0.268 e. The molecule has 168 valence electrons. The molecule has 1 atom stereocenters. The third-order valence-corrected chi connectivity index (χ3v) is 8.73. The lowest BCUT2D eigenvalue weighted by molar-refractivity contribution is -0.113. The second kappa shape index (κ2) is 10.9. The number of amides is 1. The molecular weight excluding hydrogens is 483 g/mol. The van der Waals surface area contributed by atoms with Gasteiger partial charge in [0.2, 0.25) is 11.0 Å². The zero-order chi connectivity index (χ0) is 22.5. The predicted octanol–water partition coefficient (Wildman–Crippen LogP) is 4.22. The van der Waals surface area contributed by atoms with Crippen molar-refractivity contribution in [2.75, 3.05) is 16.8 Å². The first kappa shape index (κ1) is 23.3. The lowest BCUT2D eigenvalue weighted by atomic mass is 10.1. The summed E-state index contributed by atoms with van der Waals surface area (Å²) in [6.45, 7) is 4.67. The Morgan fingerprint density at radius 3 is 2.84 bits per heavy atom. The average Bonchev–Trinajstić information content (AvgIpc) is 3.38. The molecule has 0 saturated carbocycles. The summed E-state index contributed by atoms with van der Waals surface area (Å²) in [5.74, 6) is 0.862. The highest BCUT2D eigenvalue weighted by Crippen LogP contribution is 2.34. The first-order valence-corrected chi connectivity index (χ1v) is 13.9. The van der Waals surface area contributed by atoms with Crippen molar-refractivity contribution in [3.63, 3.8) is 0 Å². The molecule has 1 amide bonds. The van der Waals surface area contributed by atoms with Crippen LogP contribution in [0.3, 0.4) is 0 Å². The molecule has 1 N–H and O–H groups in total. The number of aryl methyl sites for hydroxylation is 1. The molecule has 2 aromatic heterocycles. The van der Waals surface area contributed by atoms with Gasteiger partial charge in [0.15, 0.2) is 9.50 Å². The van der Waals surface area contributed by atoms with Crippen LogP contribution < -0.4 is 10.9 Å². The number of anilines is 1. The number of aromatic nitrogens is 4. The van der Waals surface area contributed by atoms with Gasteiger partial charge in [-0.2, -0.15) is 0 Å². The van der Waals surface area contributed by atoms with Crippen molar-refractivity contribution in [3.8, 4) is 0 Å². The highest BCUT2D eigenvalue weighted by Gasteiger charge is 2.26. The van der Waals surface area contributed by atoms with E-state index in [9.17, 15) is 9.59 Å². The van der Waals surface area contributed by atoms with E-state index in [0.29, 0.717) is 22.1 Å². The van der Waals surface area contributed by atoms with Crippen LogP contribution in [0, 0.1) is 0 Å². The molecule has 3 aromatic rings. The predicted molar refractivity (Wildman–Crippen MR) is 133 cm³/mol. The summed E-state index contributed by atoms with van der Waals surface area (Å²) in [5.41, 5.74) is 2.00. The molecular formula is C21H23N5O2S4. The van der Waals surface area contributed by atoms with Gasteiger partial charge in [0.25, 0.3) is 5.56 Å². The number of carbonyl (C=O) groups is 1. The van der Waals surface area contributed by atoms with E-state index in [1.165, 1.54) is 23.1 Å². The summed E-state index contributed by atoms with van der Waals surface area (Å²) in [7, 11) is 0. The summed E-state index contributed by atoms with van der Waals surface area (Å²) in [4.78, 5) is 31.2. The van der Waals surface area contributed by atoms with Crippen LogP contribution in [0.4, 0.5) is 5.13 Å². The Hall–Kier alpha value is -1.82. The van der Waals surface area contributed by atoms with E-state index in [1.54, 1.807) is 28.1 Å². The summed E-state index contributed by atoms with van der Waals surface area (Å²) < 4.78 is 2.55. The Labute approximate surface area is 203 Å². The number of thioether (sulfide) groups is 3. The molecule has 1 aliphatic heterocycles. The molecule has 11 heteroatoms. The molecule has 0 aliphatic carbocycles. The SMILES string of the molecule is CCSc1nnc(NC(=O)CSc2nc3c(c(=O)n2CCc2ccccc2)S[C@@H](C)C3)s1. The fraction of sp³-hybridized carbons (Fsp3) is 0.381. The minimum Gasteiger partial charge on any atom is -0.300 e. The fourth-order valence-corrected chi connectivity index (χ4v) is 6.87. The summed E-state index contributed by atoms with van der Waals surface area (Å²) in [6, 6.07) is 10.1. The molecule has 4 rings (SSSR count). The van der Waals surface area contributed by atoms with Gasteiger partial charge in [-0.05, 0) is 17.7 Å². The summed E-state index contributed by atoms with van der Waals surface area (Å²) in [6.07, 6.45) is 1.50. The van der Waals surface area contributed by atoms with Gasteiger partial charge in [-0.1, -0.05) is 79.0 Å². The Morgan fingerprint density at radius 2 is 2.06 bits per heavy atom. The van der Waals surface area contributed by atoms with E-state index in [2.05, 4.69) is 34.6 Å². The van der Waals surface area contributed by atoms with Crippen molar-refractivity contribution >= 4 is 57.7 Å². The van der Waals surface area contributed by atoms with Crippen molar-refractivity contribution in [3.05, 3.63) is 51.9 Å². The van der Waals surface area contributed by atoms with Crippen molar-refractivity contribution < 1.29 is 4.79 Å². The van der Waals surface area contributed by atoms with Crippen LogP contribution in [0.15, 0.2) is 49.5 Å². The van der Waals surface area contributed by atoms with Crippen LogP contribution in [0.25, 0.3) is 0 Å². The second-order valence-electron chi connectivity index (χ2n) is 7.14. The first-order valence-electron chi connectivity index (χ1n) is 10.3. The van der Waals surface area contributed by atoms with Crippen LogP contribution in [-0.4, -0.2) is 42.4 Å². The lowest BCUT2D eigenvalue weighted by Crippen LogP contribution is -2.27. The molecule has 0 bridgehead atoms. The van der Waals surface area contributed by atoms with E-state index < -0.39 is 0 Å². The number of nitrogens with zero attached hydrogens (tertiary/aromatic N) is 4. The standard InChI is InChI=1S/C21H23N5O2S4/c1-3-29-21-25-24-19(32-21)23-16(27)12-30-20-22-15-11-13(2)31-17(15)18(28)26(20)10-9-14-7-5-4-6-8-14/h4-8,13H,3,9-12H2,1-2H3,(H,23,24,27)/t13-/m0/s1. The van der Waals surface area contributed by atoms with Gasteiger partial charge in [0.1, 0.15) is 0 Å². The summed E-state index contributed by atoms with van der Waals surface area (Å²) >= 11 is 5.84. The van der Waals surface area contributed by atoms with Gasteiger partial charge in [0, 0.05) is 18.2 Å². The number of hydrogen-bond donors (Lipinski definition) is 1. The van der Waals surface area contributed by atoms with Crippen LogP contribution in [0.5, 0.6) is 0 Å². The molecule has 0 radical (unpaired) electrons. The van der Waals surface area contributed by atoms with Gasteiger partial charge < -0.3 is 0 Å². The van der Waals surface area contributed by atoms with E-state index in [1.807, 2.05) is 25.1 Å². The van der Waals surface area contributed by atoms with Crippen LogP contribution in [0.2, 0.25) is 0 Å². The molecule has 32 heavy (non-hydrogen) atoms. The molecule has 0 spiro atoms. The van der Waals surface area contributed by atoms with Crippen LogP contribution in [-0.2, 0) is 24.2 Å². The van der Waals surface area contributed by atoms with Crippen molar-refractivity contribution in [2.24, 2.45) is 0 Å². The second-order valence-corrected chi connectivity index (χ2v) is 12.0. The van der Waals surface area contributed by atoms with Gasteiger partial charge >= 0.3 is 0 Å². The number of carbonyl (C=O) groups excluding carboxylic acids is 1. The average molecular weight is 506 g/mol. The third kappa shape index (κ3) is 5.75. The highest BCUT2D eigenvalue weighted by molar-refractivity contribution is 8.01. The first-order chi connectivity index (χ1) is 15.5. The normalized spacial score (nSPS) is 15.0. The topological polar surface area (TPSA) is 89.8 Å². The molecule has 1 aliphatic rings. The quantitative estimate of drug-likeness (QED) is 0.263. The highest BCUT2D eigenvalue weighted by atomic mass is 32.2. The minimum absolute atomic E-state index is 0.00598. The largest absolute Gasteiger partial charge is 0.300 e. The maximum Gasteiger partial charge on any atom is 0.268 e. The van der Waals surface area contributed by atoms with Gasteiger partial charge in [-0.3, -0.25) is 19.5 Å². The van der Waals surface area contributed by atoms with E-state index in [-0.39, 0.29) is 17.2 Å². The maximum atomic E-state index is 13.2. The number of benzene rings is 1. The number of rotatable bonds is 9. The van der Waals surface area contributed by atoms with Crippen molar-refractivity contribution in [2.45, 2.75) is 52.9 Å². The van der Waals surface area contributed by atoms with Gasteiger partial charge in [0.05, 0.1) is 16.3 Å². The number of fused-ring (bicyclic) bond motifs is 1. The van der Waals surface area contributed by atoms with Crippen molar-refractivity contribution in [1.29, 1.82) is 0 Å². The summed E-state index contributed by atoms with van der Waals surface area (Å²) in [5, 5.41) is 12.3. The minimum atomic E-state index is -0.189. The van der Waals surface area contributed by atoms with Crippen LogP contribution >= 0.6 is 46.6 Å². The zero-order valence-electron chi connectivity index (χ0n) is 17.7. The molecule has 3 heterocycles. The van der Waals surface area contributed by atoms with Crippen LogP contribution in [0.1, 0.15) is 25.1 Å². The molecule has 1 aromatic carbocycles. The Bertz CT molecular complexity index is 1150. The fourth-order valence-electron chi connectivity index (χ4n) is 3.25. The Morgan fingerprint density at radius 1 is 1.25 bits per heavy atom. The zero-order valence-corrected chi connectivity index (χ0v) is 21.0.